The van der Waals surface area contributed by atoms with Crippen molar-refractivity contribution >= 4 is 17.3 Å². The zero-order valence-electron chi connectivity index (χ0n) is 11.0. The number of rotatable bonds is 5. The molecule has 0 radical (unpaired) electrons. The summed E-state index contributed by atoms with van der Waals surface area (Å²) in [7, 11) is 0. The van der Waals surface area contributed by atoms with E-state index in [1.807, 2.05) is 42.5 Å². The zero-order valence-corrected chi connectivity index (χ0v) is 11.7. The first-order valence-corrected chi connectivity index (χ1v) is 6.75. The molecule has 0 fully saturated rings. The molecule has 2 rings (SSSR count). The van der Waals surface area contributed by atoms with E-state index in [1.54, 1.807) is 6.92 Å². The summed E-state index contributed by atoms with van der Waals surface area (Å²) in [6.45, 7) is 3.16. The van der Waals surface area contributed by atoms with Crippen molar-refractivity contribution in [1.29, 1.82) is 0 Å². The lowest BCUT2D eigenvalue weighted by Gasteiger charge is -2.26. The van der Waals surface area contributed by atoms with Crippen molar-refractivity contribution in [2.75, 3.05) is 11.4 Å². The lowest BCUT2D eigenvalue weighted by molar-refractivity contribution is 0.199. The smallest absolute Gasteiger partial charge is 0.0687 e. The van der Waals surface area contributed by atoms with Gasteiger partial charge in [-0.3, -0.25) is 0 Å². The van der Waals surface area contributed by atoms with E-state index in [0.717, 1.165) is 17.3 Å². The van der Waals surface area contributed by atoms with E-state index in [1.165, 1.54) is 5.56 Å². The topological polar surface area (TPSA) is 23.5 Å². The fourth-order valence-electron chi connectivity index (χ4n) is 2.03. The number of para-hydroxylation sites is 1. The number of aliphatic hydroxyl groups is 1. The molecule has 2 nitrogen and oxygen atoms in total. The van der Waals surface area contributed by atoms with Crippen LogP contribution in [0.25, 0.3) is 0 Å². The number of hydrogen-bond donors (Lipinski definition) is 1. The van der Waals surface area contributed by atoms with Gasteiger partial charge >= 0.3 is 0 Å². The molecular weight excluding hydrogens is 258 g/mol. The van der Waals surface area contributed by atoms with Crippen LogP contribution >= 0.6 is 11.6 Å². The Balaban J connectivity index is 2.16. The average Bonchev–Trinajstić information content (AvgIpc) is 2.41. The quantitative estimate of drug-likeness (QED) is 0.899. The van der Waals surface area contributed by atoms with Crippen LogP contribution in [0.4, 0.5) is 5.69 Å². The van der Waals surface area contributed by atoms with Gasteiger partial charge in [0.1, 0.15) is 0 Å². The van der Waals surface area contributed by atoms with Crippen LogP contribution in [-0.2, 0) is 6.54 Å². The van der Waals surface area contributed by atoms with Gasteiger partial charge in [-0.15, -0.1) is 0 Å². The fraction of sp³-hybridized carbons (Fsp3) is 0.250. The summed E-state index contributed by atoms with van der Waals surface area (Å²) in [6.07, 6.45) is -0.368. The van der Waals surface area contributed by atoms with Crippen molar-refractivity contribution in [2.45, 2.75) is 19.6 Å². The van der Waals surface area contributed by atoms with E-state index in [9.17, 15) is 5.11 Å². The van der Waals surface area contributed by atoms with Gasteiger partial charge in [0.05, 0.1) is 6.10 Å². The molecule has 0 aliphatic rings. The largest absolute Gasteiger partial charge is 0.392 e. The number of nitrogens with zero attached hydrogens (tertiary/aromatic N) is 1. The third-order valence-corrected chi connectivity index (χ3v) is 3.14. The Morgan fingerprint density at radius 1 is 1.05 bits per heavy atom. The van der Waals surface area contributed by atoms with E-state index < -0.39 is 0 Å². The van der Waals surface area contributed by atoms with E-state index in [-0.39, 0.29) is 6.10 Å². The van der Waals surface area contributed by atoms with E-state index in [4.69, 9.17) is 11.6 Å². The lowest BCUT2D eigenvalue weighted by Crippen LogP contribution is -2.30. The molecule has 0 heterocycles. The third kappa shape index (κ3) is 4.27. The Labute approximate surface area is 119 Å². The highest BCUT2D eigenvalue weighted by Gasteiger charge is 2.09. The number of halogens is 1. The number of anilines is 1. The van der Waals surface area contributed by atoms with Crippen molar-refractivity contribution in [3.8, 4) is 0 Å². The highest BCUT2D eigenvalue weighted by Crippen LogP contribution is 2.18. The molecule has 3 heteroatoms. The van der Waals surface area contributed by atoms with Crippen LogP contribution in [0, 0.1) is 0 Å². The van der Waals surface area contributed by atoms with Crippen molar-refractivity contribution in [2.24, 2.45) is 0 Å². The molecule has 1 N–H and O–H groups in total. The van der Waals surface area contributed by atoms with Gasteiger partial charge in [-0.05, 0) is 36.8 Å². The van der Waals surface area contributed by atoms with E-state index >= 15 is 0 Å². The number of aliphatic hydroxyl groups excluding tert-OH is 1. The normalized spacial score (nSPS) is 12.2. The van der Waals surface area contributed by atoms with Gasteiger partial charge in [0.25, 0.3) is 0 Å². The molecule has 0 aromatic heterocycles. The molecule has 0 saturated heterocycles. The van der Waals surface area contributed by atoms with Gasteiger partial charge in [-0.2, -0.15) is 0 Å². The molecule has 0 aliphatic carbocycles. The molecular formula is C16H18ClNO. The summed E-state index contributed by atoms with van der Waals surface area (Å²) < 4.78 is 0. The van der Waals surface area contributed by atoms with Gasteiger partial charge in [0.2, 0.25) is 0 Å². The first kappa shape index (κ1) is 13.9. The second kappa shape index (κ2) is 6.60. The second-order valence-electron chi connectivity index (χ2n) is 4.69. The minimum atomic E-state index is -0.368. The van der Waals surface area contributed by atoms with Crippen LogP contribution in [0.15, 0.2) is 54.6 Å². The standard InChI is InChI=1S/C16H18ClNO/c1-13(19)11-18(16-5-3-2-4-6-16)12-14-7-9-15(17)10-8-14/h2-10,13,19H,11-12H2,1H3. The summed E-state index contributed by atoms with van der Waals surface area (Å²) in [6, 6.07) is 17.9. The van der Waals surface area contributed by atoms with Crippen molar-refractivity contribution in [1.82, 2.24) is 0 Å². The summed E-state index contributed by atoms with van der Waals surface area (Å²) in [5.74, 6) is 0. The number of benzene rings is 2. The second-order valence-corrected chi connectivity index (χ2v) is 5.13. The molecule has 1 atom stereocenters. The summed E-state index contributed by atoms with van der Waals surface area (Å²) in [5, 5.41) is 10.4. The van der Waals surface area contributed by atoms with Gasteiger partial charge in [-0.25, -0.2) is 0 Å². The summed E-state index contributed by atoms with van der Waals surface area (Å²) in [4.78, 5) is 2.16. The van der Waals surface area contributed by atoms with Crippen LogP contribution in [0.1, 0.15) is 12.5 Å². The molecule has 100 valence electrons. The minimum absolute atomic E-state index is 0.368. The van der Waals surface area contributed by atoms with Crippen LogP contribution in [0.5, 0.6) is 0 Å². The monoisotopic (exact) mass is 275 g/mol. The Bertz CT molecular complexity index is 496. The maximum absolute atomic E-state index is 9.64. The minimum Gasteiger partial charge on any atom is -0.392 e. The summed E-state index contributed by atoms with van der Waals surface area (Å²) >= 11 is 5.90. The highest BCUT2D eigenvalue weighted by molar-refractivity contribution is 6.30. The van der Waals surface area contributed by atoms with Gasteiger partial charge < -0.3 is 10.0 Å². The highest BCUT2D eigenvalue weighted by atomic mass is 35.5. The molecule has 19 heavy (non-hydrogen) atoms. The van der Waals surface area contributed by atoms with Gasteiger partial charge in [-0.1, -0.05) is 41.9 Å². The maximum atomic E-state index is 9.64. The van der Waals surface area contributed by atoms with Gasteiger partial charge in [0.15, 0.2) is 0 Å². The third-order valence-electron chi connectivity index (χ3n) is 2.89. The molecule has 0 aliphatic heterocycles. The first-order chi connectivity index (χ1) is 9.15. The molecule has 1 unspecified atom stereocenters. The number of hydrogen-bond acceptors (Lipinski definition) is 2. The van der Waals surface area contributed by atoms with Crippen LogP contribution < -0.4 is 4.90 Å². The average molecular weight is 276 g/mol. The Kier molecular flexibility index (Phi) is 4.83. The molecule has 0 saturated carbocycles. The molecule has 0 bridgehead atoms. The Morgan fingerprint density at radius 3 is 2.26 bits per heavy atom. The van der Waals surface area contributed by atoms with E-state index in [2.05, 4.69) is 17.0 Å². The molecule has 2 aromatic rings. The van der Waals surface area contributed by atoms with Crippen LogP contribution in [0.3, 0.4) is 0 Å². The van der Waals surface area contributed by atoms with E-state index in [0.29, 0.717) is 6.54 Å². The Morgan fingerprint density at radius 2 is 1.68 bits per heavy atom. The zero-order chi connectivity index (χ0) is 13.7. The molecule has 2 aromatic carbocycles. The molecule has 0 spiro atoms. The first-order valence-electron chi connectivity index (χ1n) is 6.37. The lowest BCUT2D eigenvalue weighted by atomic mass is 10.2. The van der Waals surface area contributed by atoms with Gasteiger partial charge in [0, 0.05) is 23.8 Å². The maximum Gasteiger partial charge on any atom is 0.0687 e. The summed E-state index contributed by atoms with van der Waals surface area (Å²) in [5.41, 5.74) is 2.28. The van der Waals surface area contributed by atoms with Crippen molar-refractivity contribution < 1.29 is 5.11 Å². The van der Waals surface area contributed by atoms with Crippen molar-refractivity contribution in [3.05, 3.63) is 65.2 Å². The van der Waals surface area contributed by atoms with Crippen molar-refractivity contribution in [3.63, 3.8) is 0 Å². The van der Waals surface area contributed by atoms with Crippen LogP contribution in [-0.4, -0.2) is 17.8 Å². The Hall–Kier alpha value is -1.51. The fourth-order valence-corrected chi connectivity index (χ4v) is 2.16. The predicted octanol–water partition coefficient (Wildman–Crippen LogP) is 3.73. The molecule has 0 amide bonds. The SMILES string of the molecule is CC(O)CN(Cc1ccc(Cl)cc1)c1ccccc1. The predicted molar refractivity (Wildman–Crippen MR) is 80.6 cm³/mol. The van der Waals surface area contributed by atoms with Crippen LogP contribution in [0.2, 0.25) is 5.02 Å².